The van der Waals surface area contributed by atoms with Crippen LogP contribution in [0.2, 0.25) is 0 Å². The van der Waals surface area contributed by atoms with Crippen LogP contribution >= 0.6 is 0 Å². The summed E-state index contributed by atoms with van der Waals surface area (Å²) in [5.74, 6) is -4.38. The van der Waals surface area contributed by atoms with Gasteiger partial charge in [0.25, 0.3) is 0 Å². The lowest BCUT2D eigenvalue weighted by Crippen LogP contribution is -2.39. The van der Waals surface area contributed by atoms with Crippen LogP contribution in [0, 0.1) is 27.7 Å². The van der Waals surface area contributed by atoms with Crippen LogP contribution in [0.5, 0.6) is 0 Å². The summed E-state index contributed by atoms with van der Waals surface area (Å²) in [4.78, 5) is 66.1. The molecule has 0 bridgehead atoms. The average Bonchev–Trinajstić information content (AvgIpc) is 3.75. The van der Waals surface area contributed by atoms with Gasteiger partial charge in [-0.3, -0.25) is 9.59 Å². The van der Waals surface area contributed by atoms with Crippen LogP contribution in [0.15, 0.2) is 97.8 Å². The molecule has 61 heavy (non-hydrogen) atoms. The molecule has 4 aromatic heterocycles. The highest BCUT2D eigenvalue weighted by atomic mass is 16.4. The van der Waals surface area contributed by atoms with Gasteiger partial charge in [-0.15, -0.1) is 0 Å². The van der Waals surface area contributed by atoms with E-state index in [0.29, 0.717) is 12.8 Å². The van der Waals surface area contributed by atoms with Crippen LogP contribution in [0.25, 0.3) is 33.8 Å². The van der Waals surface area contributed by atoms with Crippen LogP contribution in [0.4, 0.5) is 0 Å². The van der Waals surface area contributed by atoms with Crippen molar-refractivity contribution in [3.8, 4) is 22.5 Å². The highest BCUT2D eigenvalue weighted by molar-refractivity contribution is 5.84. The van der Waals surface area contributed by atoms with Gasteiger partial charge in [0.2, 0.25) is 11.8 Å². The number of amides is 2. The fourth-order valence-electron chi connectivity index (χ4n) is 5.49. The van der Waals surface area contributed by atoms with Crippen molar-refractivity contribution in [3.05, 3.63) is 131 Å². The average molecular weight is 837 g/mol. The molecule has 0 saturated heterocycles. The van der Waals surface area contributed by atoms with Crippen LogP contribution in [-0.4, -0.2) is 124 Å². The van der Waals surface area contributed by atoms with Crippen molar-refractivity contribution in [2.24, 2.45) is 0 Å². The molecule has 0 aliphatic heterocycles. The van der Waals surface area contributed by atoms with Crippen molar-refractivity contribution in [3.63, 3.8) is 0 Å². The SMILES string of the molecule is C=CC(=O)O.Cc1ccc(-c2nc3ccc(C)cn3c2CC(=O)N(C)C)cc1.Cc1ccc(-c2nc3ccc(C)cn3c2CC(=O)N(C)C)cc1.O=C(O)C(O)C(O)C(=O)O. The number of pyridine rings is 2. The zero-order valence-corrected chi connectivity index (χ0v) is 35.4. The van der Waals surface area contributed by atoms with Crippen molar-refractivity contribution >= 4 is 41.0 Å². The Kier molecular flexibility index (Phi) is 17.2. The second kappa shape index (κ2) is 21.7. The van der Waals surface area contributed by atoms with Gasteiger partial charge in [0.1, 0.15) is 11.3 Å². The number of rotatable bonds is 10. The second-order valence-electron chi connectivity index (χ2n) is 14.5. The van der Waals surface area contributed by atoms with Gasteiger partial charge in [-0.25, -0.2) is 24.4 Å². The summed E-state index contributed by atoms with van der Waals surface area (Å²) < 4.78 is 4.07. The second-order valence-corrected chi connectivity index (χ2v) is 14.5. The van der Waals surface area contributed by atoms with Crippen molar-refractivity contribution in [1.82, 2.24) is 28.6 Å². The smallest absolute Gasteiger partial charge is 0.335 e. The minimum absolute atomic E-state index is 0.0710. The molecule has 0 saturated carbocycles. The third-order valence-corrected chi connectivity index (χ3v) is 9.00. The van der Waals surface area contributed by atoms with Crippen molar-refractivity contribution in [2.45, 2.75) is 52.7 Å². The van der Waals surface area contributed by atoms with Gasteiger partial charge in [0.15, 0.2) is 12.2 Å². The van der Waals surface area contributed by atoms with Crippen LogP contribution < -0.4 is 0 Å². The number of aliphatic hydroxyl groups is 2. The lowest BCUT2D eigenvalue weighted by atomic mass is 10.1. The largest absolute Gasteiger partial charge is 0.479 e. The Morgan fingerprint density at radius 2 is 0.869 bits per heavy atom. The lowest BCUT2D eigenvalue weighted by molar-refractivity contribution is -0.165. The van der Waals surface area contributed by atoms with E-state index in [1.165, 1.54) is 11.1 Å². The first-order valence-electron chi connectivity index (χ1n) is 18.8. The number of imidazole rings is 2. The van der Waals surface area contributed by atoms with Gasteiger partial charge in [-0.1, -0.05) is 78.4 Å². The molecule has 322 valence electrons. The molecule has 2 unspecified atom stereocenters. The summed E-state index contributed by atoms with van der Waals surface area (Å²) >= 11 is 0. The predicted molar refractivity (Wildman–Crippen MR) is 230 cm³/mol. The number of aromatic nitrogens is 4. The molecular formula is C45H52N6O10. The van der Waals surface area contributed by atoms with E-state index in [0.717, 1.165) is 62.4 Å². The summed E-state index contributed by atoms with van der Waals surface area (Å²) in [6, 6.07) is 24.6. The van der Waals surface area contributed by atoms with Gasteiger partial charge < -0.3 is 44.1 Å². The minimum atomic E-state index is -2.27. The lowest BCUT2D eigenvalue weighted by Gasteiger charge is -2.11. The molecule has 6 rings (SSSR count). The third kappa shape index (κ3) is 13.4. The van der Waals surface area contributed by atoms with Crippen LogP contribution in [0.3, 0.4) is 0 Å². The standard InChI is InChI=1S/2C19H21N3O.C4H6O6.C3H4O2/c2*1-13-5-8-15(9-6-13)19-16(11-18(23)21(3)4)22-12-14(2)7-10-17(22)20-19;5-1(3(7)8)2(6)4(9)10;1-2-3(4)5/h2*5-10,12H,11H2,1-4H3;1-2,5-6H,(H,7,8)(H,9,10);2H,1H2,(H,4,5). The fraction of sp³-hybridized carbons (Fsp3) is 0.267. The summed E-state index contributed by atoms with van der Waals surface area (Å²) in [6.45, 7) is 11.2. The summed E-state index contributed by atoms with van der Waals surface area (Å²) in [7, 11) is 7.12. The monoisotopic (exact) mass is 836 g/mol. The Morgan fingerprint density at radius 1 is 0.574 bits per heavy atom. The van der Waals surface area contributed by atoms with E-state index >= 15 is 0 Å². The summed E-state index contributed by atoms with van der Waals surface area (Å²) in [5.41, 5.74) is 12.2. The number of carboxylic acids is 3. The molecule has 0 fully saturated rings. The minimum Gasteiger partial charge on any atom is -0.479 e. The Labute approximate surface area is 353 Å². The molecule has 6 aromatic rings. The Bertz CT molecular complexity index is 2340. The summed E-state index contributed by atoms with van der Waals surface area (Å²) in [6.07, 6.45) is 1.05. The number of hydrogen-bond donors (Lipinski definition) is 5. The number of likely N-dealkylation sites (N-methyl/N-ethyl adjacent to an activating group) is 2. The van der Waals surface area contributed by atoms with Crippen LogP contribution in [0.1, 0.15) is 33.6 Å². The van der Waals surface area contributed by atoms with Crippen molar-refractivity contribution in [1.29, 1.82) is 0 Å². The molecule has 0 spiro atoms. The molecule has 2 atom stereocenters. The zero-order chi connectivity index (χ0) is 45.7. The number of carbonyl (C=O) groups is 5. The van der Waals surface area contributed by atoms with Gasteiger partial charge in [0.05, 0.1) is 35.6 Å². The molecule has 0 radical (unpaired) electrons. The number of aliphatic carboxylic acids is 3. The predicted octanol–water partition coefficient (Wildman–Crippen LogP) is 4.63. The molecule has 5 N–H and O–H groups in total. The number of hydrogen-bond acceptors (Lipinski definition) is 9. The van der Waals surface area contributed by atoms with Gasteiger partial charge >= 0.3 is 17.9 Å². The highest BCUT2D eigenvalue weighted by Gasteiger charge is 2.29. The first-order chi connectivity index (χ1) is 28.6. The van der Waals surface area contributed by atoms with Gasteiger partial charge in [-0.05, 0) is 51.0 Å². The van der Waals surface area contributed by atoms with E-state index in [9.17, 15) is 24.0 Å². The van der Waals surface area contributed by atoms with E-state index in [2.05, 4.69) is 69.0 Å². The number of fused-ring (bicyclic) bond motifs is 2. The molecular weight excluding hydrogens is 785 g/mol. The fourth-order valence-corrected chi connectivity index (χ4v) is 5.49. The number of carboxylic acid groups (broad SMARTS) is 3. The summed E-state index contributed by atoms with van der Waals surface area (Å²) in [5, 5.41) is 40.1. The van der Waals surface area contributed by atoms with E-state index in [4.69, 9.17) is 35.5 Å². The highest BCUT2D eigenvalue weighted by Crippen LogP contribution is 2.27. The first kappa shape index (κ1) is 48.2. The maximum absolute atomic E-state index is 12.3. The number of carbonyl (C=O) groups excluding carboxylic acids is 2. The molecule has 4 heterocycles. The maximum atomic E-state index is 12.3. The number of aliphatic hydroxyl groups excluding tert-OH is 2. The third-order valence-electron chi connectivity index (χ3n) is 9.00. The Morgan fingerprint density at radius 3 is 1.13 bits per heavy atom. The zero-order valence-electron chi connectivity index (χ0n) is 35.4. The first-order valence-corrected chi connectivity index (χ1v) is 18.8. The molecule has 16 heteroatoms. The van der Waals surface area contributed by atoms with E-state index in [1.807, 2.05) is 59.3 Å². The molecule has 0 aliphatic rings. The van der Waals surface area contributed by atoms with Crippen molar-refractivity contribution < 1.29 is 49.5 Å². The Hall–Kier alpha value is -7.17. The Balaban J connectivity index is 0.000000246. The van der Waals surface area contributed by atoms with Gasteiger partial charge in [-0.2, -0.15) is 0 Å². The van der Waals surface area contributed by atoms with Crippen molar-refractivity contribution in [2.75, 3.05) is 28.2 Å². The van der Waals surface area contributed by atoms with Gasteiger partial charge in [0, 0.05) is 57.8 Å². The van der Waals surface area contributed by atoms with E-state index in [-0.39, 0.29) is 11.8 Å². The molecule has 2 amide bonds. The maximum Gasteiger partial charge on any atom is 0.335 e. The number of nitrogens with zero attached hydrogens (tertiary/aromatic N) is 6. The topological polar surface area (TPSA) is 228 Å². The number of benzene rings is 2. The quantitative estimate of drug-likeness (QED) is 0.119. The molecule has 16 nitrogen and oxygen atoms in total. The molecule has 2 aromatic carbocycles. The number of aryl methyl sites for hydroxylation is 4. The normalized spacial score (nSPS) is 11.4. The van der Waals surface area contributed by atoms with E-state index in [1.54, 1.807) is 38.0 Å². The van der Waals surface area contributed by atoms with Crippen LogP contribution in [-0.2, 0) is 36.8 Å². The van der Waals surface area contributed by atoms with E-state index < -0.39 is 30.1 Å². The molecule has 0 aliphatic carbocycles.